The number of nitrogens with zero attached hydrogens (tertiary/aromatic N) is 1. The van der Waals surface area contributed by atoms with Gasteiger partial charge >= 0.3 is 0 Å². The third kappa shape index (κ3) is 3.85. The van der Waals surface area contributed by atoms with Crippen LogP contribution in [0.2, 0.25) is 0 Å². The molecule has 0 saturated heterocycles. The number of thioether (sulfide) groups is 1. The number of rotatable bonds is 4. The Morgan fingerprint density at radius 2 is 1.89 bits per heavy atom. The fourth-order valence-corrected chi connectivity index (χ4v) is 2.31. The highest BCUT2D eigenvalue weighted by molar-refractivity contribution is 7.98. The van der Waals surface area contributed by atoms with Crippen LogP contribution in [0, 0.1) is 0 Å². The molecule has 1 N–H and O–H groups in total. The van der Waals surface area contributed by atoms with E-state index >= 15 is 0 Å². The lowest BCUT2D eigenvalue weighted by atomic mass is 9.94. The van der Waals surface area contributed by atoms with E-state index < -0.39 is 0 Å². The molecule has 0 saturated carbocycles. The summed E-state index contributed by atoms with van der Waals surface area (Å²) >= 11 is 1.68. The molecule has 1 heterocycles. The van der Waals surface area contributed by atoms with E-state index in [-0.39, 0.29) is 12.0 Å². The Morgan fingerprint density at radius 3 is 2.42 bits per heavy atom. The van der Waals surface area contributed by atoms with Crippen molar-refractivity contribution in [3.63, 3.8) is 0 Å². The van der Waals surface area contributed by atoms with Crippen molar-refractivity contribution >= 4 is 11.8 Å². The first-order valence-corrected chi connectivity index (χ1v) is 7.25. The highest BCUT2D eigenvalue weighted by atomic mass is 32.2. The van der Waals surface area contributed by atoms with Crippen molar-refractivity contribution in [2.24, 2.45) is 0 Å². The summed E-state index contributed by atoms with van der Waals surface area (Å²) in [6.45, 7) is 6.41. The molecule has 0 atom stereocenters. The van der Waals surface area contributed by atoms with E-state index in [0.29, 0.717) is 5.75 Å². The van der Waals surface area contributed by atoms with E-state index in [1.54, 1.807) is 11.8 Å². The van der Waals surface area contributed by atoms with Gasteiger partial charge in [0, 0.05) is 10.3 Å². The van der Waals surface area contributed by atoms with Crippen LogP contribution in [0.25, 0.3) is 0 Å². The predicted molar refractivity (Wildman–Crippen MR) is 77.1 cm³/mol. The van der Waals surface area contributed by atoms with E-state index in [9.17, 15) is 0 Å². The molecule has 19 heavy (non-hydrogen) atoms. The van der Waals surface area contributed by atoms with Gasteiger partial charge in [-0.2, -0.15) is 0 Å². The van der Waals surface area contributed by atoms with Crippen LogP contribution in [-0.4, -0.2) is 10.1 Å². The summed E-state index contributed by atoms with van der Waals surface area (Å²) in [5, 5.41) is 8.98. The molecule has 0 aliphatic rings. The van der Waals surface area contributed by atoms with E-state index in [0.717, 1.165) is 22.1 Å². The van der Waals surface area contributed by atoms with Crippen LogP contribution in [0.5, 0.6) is 0 Å². The van der Waals surface area contributed by atoms with Gasteiger partial charge in [0.1, 0.15) is 5.76 Å². The normalized spacial score (nSPS) is 11.8. The van der Waals surface area contributed by atoms with Gasteiger partial charge in [-0.3, -0.25) is 0 Å². The van der Waals surface area contributed by atoms with Gasteiger partial charge in [-0.25, -0.2) is 4.98 Å². The van der Waals surface area contributed by atoms with Crippen LogP contribution >= 0.6 is 11.8 Å². The molecular weight excluding hydrogens is 258 g/mol. The fourth-order valence-electron chi connectivity index (χ4n) is 1.56. The Kier molecular flexibility index (Phi) is 4.32. The van der Waals surface area contributed by atoms with Gasteiger partial charge in [0.2, 0.25) is 5.89 Å². The Morgan fingerprint density at radius 1 is 1.21 bits per heavy atom. The van der Waals surface area contributed by atoms with Crippen molar-refractivity contribution in [1.82, 2.24) is 4.98 Å². The molecule has 0 radical (unpaired) electrons. The average molecular weight is 277 g/mol. The second-order valence-corrected chi connectivity index (χ2v) is 6.51. The number of oxazole rings is 1. The van der Waals surface area contributed by atoms with Crippen LogP contribution < -0.4 is 0 Å². The summed E-state index contributed by atoms with van der Waals surface area (Å²) in [6, 6.07) is 7.87. The lowest BCUT2D eigenvalue weighted by molar-refractivity contribution is 0.282. The van der Waals surface area contributed by atoms with E-state index in [1.807, 2.05) is 30.5 Å². The maximum Gasteiger partial charge on any atom is 0.204 e. The van der Waals surface area contributed by atoms with Crippen molar-refractivity contribution < 1.29 is 9.52 Å². The summed E-state index contributed by atoms with van der Waals surface area (Å²) < 4.78 is 5.74. The van der Waals surface area contributed by atoms with Crippen molar-refractivity contribution in [2.45, 2.75) is 43.4 Å². The Balaban J connectivity index is 1.96. The molecule has 3 nitrogen and oxygen atoms in total. The molecule has 0 fully saturated rings. The van der Waals surface area contributed by atoms with E-state index in [4.69, 9.17) is 9.52 Å². The molecule has 0 aliphatic carbocycles. The molecule has 2 rings (SSSR count). The maximum atomic E-state index is 8.98. The zero-order valence-electron chi connectivity index (χ0n) is 11.5. The van der Waals surface area contributed by atoms with Crippen molar-refractivity contribution in [3.05, 3.63) is 47.7 Å². The number of aliphatic hydroxyl groups excluding tert-OH is 1. The number of aliphatic hydroxyl groups is 1. The van der Waals surface area contributed by atoms with Crippen LogP contribution in [-0.2, 0) is 17.8 Å². The molecular formula is C15H19NO2S. The highest BCUT2D eigenvalue weighted by Crippen LogP contribution is 2.26. The van der Waals surface area contributed by atoms with Gasteiger partial charge in [-0.15, -0.1) is 11.8 Å². The Hall–Kier alpha value is -1.26. The van der Waals surface area contributed by atoms with Crippen LogP contribution in [0.1, 0.15) is 38.0 Å². The third-order valence-corrected chi connectivity index (χ3v) is 3.76. The van der Waals surface area contributed by atoms with Crippen LogP contribution in [0.3, 0.4) is 0 Å². The van der Waals surface area contributed by atoms with Crippen molar-refractivity contribution in [3.8, 4) is 0 Å². The largest absolute Gasteiger partial charge is 0.444 e. The third-order valence-electron chi connectivity index (χ3n) is 2.76. The first-order chi connectivity index (χ1) is 8.99. The number of benzene rings is 1. The second kappa shape index (κ2) is 5.80. The van der Waals surface area contributed by atoms with E-state index in [1.165, 1.54) is 0 Å². The summed E-state index contributed by atoms with van der Waals surface area (Å²) in [6.07, 6.45) is 1.81. The molecule has 102 valence electrons. The Labute approximate surface area is 118 Å². The summed E-state index contributed by atoms with van der Waals surface area (Å²) in [7, 11) is 0. The minimum Gasteiger partial charge on any atom is -0.444 e. The minimum absolute atomic E-state index is 0.00130. The molecule has 0 aliphatic heterocycles. The predicted octanol–water partition coefficient (Wildman–Crippen LogP) is 3.76. The van der Waals surface area contributed by atoms with Gasteiger partial charge in [-0.05, 0) is 17.7 Å². The molecule has 0 amide bonds. The molecule has 1 aromatic heterocycles. The lowest BCUT2D eigenvalue weighted by Gasteiger charge is -2.13. The quantitative estimate of drug-likeness (QED) is 0.864. The standard InChI is InChI=1S/C15H19NO2S/c1-15(2,3)13-8-16-14(18-13)10-19-12-6-4-11(9-17)5-7-12/h4-8,17H,9-10H2,1-3H3. The second-order valence-electron chi connectivity index (χ2n) is 5.46. The molecule has 1 aromatic carbocycles. The average Bonchev–Trinajstić information content (AvgIpc) is 2.86. The summed E-state index contributed by atoms with van der Waals surface area (Å²) in [5.41, 5.74) is 0.925. The smallest absolute Gasteiger partial charge is 0.204 e. The van der Waals surface area contributed by atoms with Crippen molar-refractivity contribution in [2.75, 3.05) is 0 Å². The lowest BCUT2D eigenvalue weighted by Crippen LogP contribution is -2.09. The van der Waals surface area contributed by atoms with E-state index in [2.05, 4.69) is 25.8 Å². The SMILES string of the molecule is CC(C)(C)c1cnc(CSc2ccc(CO)cc2)o1. The van der Waals surface area contributed by atoms with Crippen molar-refractivity contribution in [1.29, 1.82) is 0 Å². The maximum absolute atomic E-state index is 8.98. The van der Waals surface area contributed by atoms with Gasteiger partial charge in [0.05, 0.1) is 18.6 Å². The molecule has 0 bridgehead atoms. The first-order valence-electron chi connectivity index (χ1n) is 6.27. The van der Waals surface area contributed by atoms with Gasteiger partial charge in [0.25, 0.3) is 0 Å². The minimum atomic E-state index is -0.00130. The molecule has 4 heteroatoms. The van der Waals surface area contributed by atoms with Gasteiger partial charge < -0.3 is 9.52 Å². The van der Waals surface area contributed by atoms with Gasteiger partial charge in [-0.1, -0.05) is 32.9 Å². The monoisotopic (exact) mass is 277 g/mol. The first kappa shape index (κ1) is 14.2. The zero-order chi connectivity index (χ0) is 13.9. The number of aromatic nitrogens is 1. The number of hydrogen-bond donors (Lipinski definition) is 1. The topological polar surface area (TPSA) is 46.3 Å². The van der Waals surface area contributed by atoms with Crippen LogP contribution in [0.15, 0.2) is 39.8 Å². The summed E-state index contributed by atoms with van der Waals surface area (Å²) in [5.74, 6) is 2.38. The summed E-state index contributed by atoms with van der Waals surface area (Å²) in [4.78, 5) is 5.45. The Bertz CT molecular complexity index is 526. The fraction of sp³-hybridized carbons (Fsp3) is 0.400. The number of hydrogen-bond acceptors (Lipinski definition) is 4. The highest BCUT2D eigenvalue weighted by Gasteiger charge is 2.19. The molecule has 0 spiro atoms. The van der Waals surface area contributed by atoms with Crippen LogP contribution in [0.4, 0.5) is 0 Å². The molecule has 2 aromatic rings. The zero-order valence-corrected chi connectivity index (χ0v) is 12.3. The molecule has 0 unspecified atom stereocenters. The van der Waals surface area contributed by atoms with Gasteiger partial charge in [0.15, 0.2) is 0 Å².